The lowest BCUT2D eigenvalue weighted by Crippen LogP contribution is -2.26. The van der Waals surface area contributed by atoms with Crippen LogP contribution in [0.5, 0.6) is 0 Å². The Bertz CT molecular complexity index is 345. The van der Waals surface area contributed by atoms with Crippen molar-refractivity contribution in [2.24, 2.45) is 5.73 Å². The van der Waals surface area contributed by atoms with Gasteiger partial charge in [-0.15, -0.1) is 0 Å². The fraction of sp³-hybridized carbons (Fsp3) is 0.455. The van der Waals surface area contributed by atoms with Crippen LogP contribution in [-0.4, -0.2) is 6.54 Å². The molecule has 14 heavy (non-hydrogen) atoms. The van der Waals surface area contributed by atoms with E-state index in [9.17, 15) is 8.78 Å². The summed E-state index contributed by atoms with van der Waals surface area (Å²) >= 11 is 0. The first-order chi connectivity index (χ1) is 6.40. The Balaban J connectivity index is 3.31. The summed E-state index contributed by atoms with van der Waals surface area (Å²) in [6, 6.07) is 3.17. The Morgan fingerprint density at radius 3 is 2.21 bits per heavy atom. The fourth-order valence-electron chi connectivity index (χ4n) is 1.46. The van der Waals surface area contributed by atoms with E-state index in [1.165, 1.54) is 6.07 Å². The summed E-state index contributed by atoms with van der Waals surface area (Å²) in [5.41, 5.74) is 7.67. The van der Waals surface area contributed by atoms with E-state index in [1.807, 2.05) is 13.8 Å². The lowest BCUT2D eigenvalue weighted by Gasteiger charge is -2.19. The van der Waals surface area contributed by atoms with Gasteiger partial charge in [-0.05, 0) is 37.5 Å². The molecule has 0 fully saturated rings. The Hall–Kier alpha value is -0.960. The lowest BCUT2D eigenvalue weighted by atomic mass is 9.95. The van der Waals surface area contributed by atoms with Crippen molar-refractivity contribution in [3.8, 4) is 0 Å². The van der Waals surface area contributed by atoms with Crippen molar-refractivity contribution in [1.29, 1.82) is 0 Å². The van der Waals surface area contributed by atoms with Crippen LogP contribution in [0.3, 0.4) is 0 Å². The molecule has 0 heterocycles. The van der Waals surface area contributed by atoms with Crippen LogP contribution >= 0.6 is 0 Å². The number of benzene rings is 1. The second-order valence-electron chi connectivity index (χ2n) is 3.59. The van der Waals surface area contributed by atoms with Gasteiger partial charge in [0.1, 0.15) is 0 Å². The monoisotopic (exact) mass is 199 g/mol. The lowest BCUT2D eigenvalue weighted by molar-refractivity contribution is 0.00525. The predicted octanol–water partition coefficient (Wildman–Crippen LogP) is 2.66. The molecule has 0 spiro atoms. The van der Waals surface area contributed by atoms with Crippen molar-refractivity contribution in [2.45, 2.75) is 26.7 Å². The number of aryl methyl sites for hydroxylation is 1. The highest BCUT2D eigenvalue weighted by atomic mass is 19.3. The molecule has 0 amide bonds. The zero-order chi connectivity index (χ0) is 10.9. The van der Waals surface area contributed by atoms with Gasteiger partial charge in [-0.25, -0.2) is 0 Å². The molecule has 0 radical (unpaired) electrons. The van der Waals surface area contributed by atoms with Gasteiger partial charge in [0.05, 0.1) is 6.54 Å². The predicted molar refractivity (Wildman–Crippen MR) is 53.6 cm³/mol. The van der Waals surface area contributed by atoms with E-state index in [-0.39, 0.29) is 5.56 Å². The summed E-state index contributed by atoms with van der Waals surface area (Å²) in [5.74, 6) is -2.91. The Kier molecular flexibility index (Phi) is 2.90. The summed E-state index contributed by atoms with van der Waals surface area (Å²) in [6.07, 6.45) is 0. The van der Waals surface area contributed by atoms with Crippen molar-refractivity contribution in [1.82, 2.24) is 0 Å². The second kappa shape index (κ2) is 3.65. The molecular formula is C11H15F2N. The number of hydrogen-bond acceptors (Lipinski definition) is 1. The summed E-state index contributed by atoms with van der Waals surface area (Å²) in [4.78, 5) is 0. The third-order valence-corrected chi connectivity index (χ3v) is 2.71. The maximum atomic E-state index is 13.3. The summed E-state index contributed by atoms with van der Waals surface area (Å²) < 4.78 is 26.7. The van der Waals surface area contributed by atoms with E-state index in [2.05, 4.69) is 0 Å². The van der Waals surface area contributed by atoms with Crippen molar-refractivity contribution in [2.75, 3.05) is 6.54 Å². The van der Waals surface area contributed by atoms with Crippen LogP contribution in [0, 0.1) is 20.8 Å². The van der Waals surface area contributed by atoms with Crippen molar-refractivity contribution in [3.63, 3.8) is 0 Å². The Morgan fingerprint density at radius 1 is 1.14 bits per heavy atom. The van der Waals surface area contributed by atoms with Crippen molar-refractivity contribution < 1.29 is 8.78 Å². The quantitative estimate of drug-likeness (QED) is 0.778. The third-order valence-electron chi connectivity index (χ3n) is 2.71. The van der Waals surface area contributed by atoms with E-state index in [0.717, 1.165) is 11.1 Å². The molecule has 1 nitrogen and oxygen atoms in total. The van der Waals surface area contributed by atoms with Gasteiger partial charge < -0.3 is 5.73 Å². The first kappa shape index (κ1) is 11.1. The maximum absolute atomic E-state index is 13.3. The van der Waals surface area contributed by atoms with Gasteiger partial charge in [0.25, 0.3) is 5.92 Å². The summed E-state index contributed by atoms with van der Waals surface area (Å²) in [5, 5.41) is 0. The van der Waals surface area contributed by atoms with Gasteiger partial charge in [-0.3, -0.25) is 0 Å². The second-order valence-corrected chi connectivity index (χ2v) is 3.59. The average Bonchev–Trinajstić information content (AvgIpc) is 2.14. The van der Waals surface area contributed by atoms with Gasteiger partial charge in [0.2, 0.25) is 0 Å². The molecule has 0 aliphatic rings. The van der Waals surface area contributed by atoms with Crippen LogP contribution in [0.15, 0.2) is 12.1 Å². The van der Waals surface area contributed by atoms with Crippen molar-refractivity contribution in [3.05, 3.63) is 34.4 Å². The molecule has 0 saturated heterocycles. The van der Waals surface area contributed by atoms with E-state index < -0.39 is 12.5 Å². The smallest absolute Gasteiger partial charge is 0.285 e. The molecule has 0 aliphatic carbocycles. The third kappa shape index (κ3) is 1.77. The van der Waals surface area contributed by atoms with E-state index >= 15 is 0 Å². The van der Waals surface area contributed by atoms with Crippen LogP contribution in [0.2, 0.25) is 0 Å². The highest BCUT2D eigenvalue weighted by Crippen LogP contribution is 2.31. The molecule has 1 rings (SSSR count). The molecule has 1 aromatic carbocycles. The largest absolute Gasteiger partial charge is 0.325 e. The molecule has 1 aromatic rings. The SMILES string of the molecule is Cc1ccc(C(F)(F)CN)c(C)c1C. The highest BCUT2D eigenvalue weighted by Gasteiger charge is 2.31. The minimum Gasteiger partial charge on any atom is -0.325 e. The topological polar surface area (TPSA) is 26.0 Å². The van der Waals surface area contributed by atoms with Crippen LogP contribution in [0.1, 0.15) is 22.3 Å². The van der Waals surface area contributed by atoms with Gasteiger partial charge in [0, 0.05) is 5.56 Å². The van der Waals surface area contributed by atoms with Gasteiger partial charge in [-0.2, -0.15) is 8.78 Å². The number of halogens is 2. The highest BCUT2D eigenvalue weighted by molar-refractivity contribution is 5.41. The van der Waals surface area contributed by atoms with Crippen LogP contribution in [0.4, 0.5) is 8.78 Å². The number of rotatable bonds is 2. The number of nitrogens with two attached hydrogens (primary N) is 1. The van der Waals surface area contributed by atoms with Gasteiger partial charge in [-0.1, -0.05) is 12.1 Å². The molecule has 3 heteroatoms. The summed E-state index contributed by atoms with van der Waals surface area (Å²) in [6.45, 7) is 4.82. The molecular weight excluding hydrogens is 184 g/mol. The molecule has 0 bridgehead atoms. The van der Waals surface area contributed by atoms with E-state index in [4.69, 9.17) is 5.73 Å². The molecule has 0 saturated carbocycles. The normalized spacial score (nSPS) is 11.9. The minimum absolute atomic E-state index is 0.0445. The molecule has 78 valence electrons. The van der Waals surface area contributed by atoms with E-state index in [0.29, 0.717) is 5.56 Å². The molecule has 0 unspecified atom stereocenters. The molecule has 0 aromatic heterocycles. The Labute approximate surface area is 82.9 Å². The summed E-state index contributed by atoms with van der Waals surface area (Å²) in [7, 11) is 0. The minimum atomic E-state index is -2.91. The van der Waals surface area contributed by atoms with Crippen LogP contribution < -0.4 is 5.73 Å². The molecule has 2 N–H and O–H groups in total. The zero-order valence-electron chi connectivity index (χ0n) is 8.70. The standard InChI is InChI=1S/C11H15F2N/c1-7-4-5-10(9(3)8(7)2)11(12,13)6-14/h4-5H,6,14H2,1-3H3. The van der Waals surface area contributed by atoms with Gasteiger partial charge >= 0.3 is 0 Å². The number of hydrogen-bond donors (Lipinski definition) is 1. The molecule has 0 atom stereocenters. The number of alkyl halides is 2. The Morgan fingerprint density at radius 2 is 1.71 bits per heavy atom. The van der Waals surface area contributed by atoms with Crippen LogP contribution in [0.25, 0.3) is 0 Å². The maximum Gasteiger partial charge on any atom is 0.285 e. The van der Waals surface area contributed by atoms with Crippen molar-refractivity contribution >= 4 is 0 Å². The van der Waals surface area contributed by atoms with Gasteiger partial charge in [0.15, 0.2) is 0 Å². The fourth-order valence-corrected chi connectivity index (χ4v) is 1.46. The first-order valence-corrected chi connectivity index (χ1v) is 4.55. The zero-order valence-corrected chi connectivity index (χ0v) is 8.70. The first-order valence-electron chi connectivity index (χ1n) is 4.55. The van der Waals surface area contributed by atoms with E-state index in [1.54, 1.807) is 13.0 Å². The molecule has 0 aliphatic heterocycles. The van der Waals surface area contributed by atoms with Crippen LogP contribution in [-0.2, 0) is 5.92 Å². The average molecular weight is 199 g/mol.